The maximum Gasteiger partial charge on any atom is 0.434 e. The minimum atomic E-state index is -1.15. The first-order valence-electron chi connectivity index (χ1n) is 14.7. The van der Waals surface area contributed by atoms with Crippen LogP contribution in [0.3, 0.4) is 0 Å². The highest BCUT2D eigenvalue weighted by Gasteiger charge is 2.33. The molecule has 0 bridgehead atoms. The summed E-state index contributed by atoms with van der Waals surface area (Å²) in [6.07, 6.45) is 6.38. The fourth-order valence-corrected chi connectivity index (χ4v) is 6.30. The second-order valence-electron chi connectivity index (χ2n) is 12.6. The summed E-state index contributed by atoms with van der Waals surface area (Å²) >= 11 is 0. The molecule has 1 aliphatic carbocycles. The second kappa shape index (κ2) is 11.1. The first-order chi connectivity index (χ1) is 20.5. The Morgan fingerprint density at radius 1 is 1.05 bits per heavy atom. The van der Waals surface area contributed by atoms with Crippen LogP contribution in [0, 0.1) is 11.6 Å². The number of hydrogen-bond acceptors (Lipinski definition) is 6. The molecule has 4 aromatic rings. The van der Waals surface area contributed by atoms with Crippen LogP contribution in [0.25, 0.3) is 5.52 Å². The van der Waals surface area contributed by atoms with E-state index in [9.17, 15) is 23.5 Å². The standard InChI is InChI=1S/C31H35F2N7O3/c1-31(2,3)29-36-27(40(37-29)30(42)43)18-6-9-20(10-7-18)35-28(41)23-17-34-39-14-12-21(16-26(23)39)38-13-4-5-25(38)22-15-19(32)8-11-24(22)33/h8,11-12,14-18,20,25H,4-7,9-10,13H2,1-3H3,(H,35,41)(H,42,43)/t18?,20?,25-/m1/s1. The monoisotopic (exact) mass is 591 g/mol. The molecular weight excluding hydrogens is 556 g/mol. The molecule has 0 radical (unpaired) electrons. The Bertz CT molecular complexity index is 1680. The highest BCUT2D eigenvalue weighted by molar-refractivity contribution is 6.01. The topological polar surface area (TPSA) is 118 Å². The van der Waals surface area contributed by atoms with Crippen molar-refractivity contribution in [3.63, 3.8) is 0 Å². The van der Waals surface area contributed by atoms with Gasteiger partial charge in [0.05, 0.1) is 23.3 Å². The Labute approximate surface area is 247 Å². The van der Waals surface area contributed by atoms with Gasteiger partial charge in [0.1, 0.15) is 17.5 Å². The van der Waals surface area contributed by atoms with Crippen molar-refractivity contribution >= 4 is 23.2 Å². The fraction of sp³-hybridized carbons (Fsp3) is 0.452. The van der Waals surface area contributed by atoms with Gasteiger partial charge in [0.2, 0.25) is 0 Å². The van der Waals surface area contributed by atoms with E-state index in [1.807, 2.05) is 32.9 Å². The number of benzene rings is 1. The van der Waals surface area contributed by atoms with Crippen LogP contribution in [0.15, 0.2) is 42.7 Å². The molecule has 6 rings (SSSR count). The van der Waals surface area contributed by atoms with E-state index in [0.29, 0.717) is 66.9 Å². The number of rotatable bonds is 5. The number of hydrogen-bond donors (Lipinski definition) is 2. The zero-order valence-electron chi connectivity index (χ0n) is 24.4. The van der Waals surface area contributed by atoms with Crippen molar-refractivity contribution < 1.29 is 23.5 Å². The summed E-state index contributed by atoms with van der Waals surface area (Å²) in [5.74, 6) is -0.265. The first-order valence-corrected chi connectivity index (χ1v) is 14.7. The van der Waals surface area contributed by atoms with Gasteiger partial charge in [-0.05, 0) is 68.9 Å². The van der Waals surface area contributed by atoms with Gasteiger partial charge >= 0.3 is 6.09 Å². The van der Waals surface area contributed by atoms with Gasteiger partial charge in [-0.1, -0.05) is 20.8 Å². The van der Waals surface area contributed by atoms with Gasteiger partial charge in [-0.3, -0.25) is 4.79 Å². The number of pyridine rings is 1. The van der Waals surface area contributed by atoms with E-state index in [1.54, 1.807) is 10.7 Å². The molecule has 3 aromatic heterocycles. The van der Waals surface area contributed by atoms with Crippen molar-refractivity contribution in [2.75, 3.05) is 11.4 Å². The summed E-state index contributed by atoms with van der Waals surface area (Å²) in [7, 11) is 0. The third-order valence-corrected chi connectivity index (χ3v) is 8.56. The van der Waals surface area contributed by atoms with Crippen LogP contribution in [-0.2, 0) is 5.41 Å². The molecule has 10 nitrogen and oxygen atoms in total. The van der Waals surface area contributed by atoms with Crippen LogP contribution in [0.5, 0.6) is 0 Å². The lowest BCUT2D eigenvalue weighted by Gasteiger charge is -2.28. The zero-order valence-corrected chi connectivity index (χ0v) is 24.4. The number of amides is 1. The average Bonchev–Trinajstić information content (AvgIpc) is 3.72. The SMILES string of the molecule is CC(C)(C)c1nc(C2CCC(NC(=O)c3cnn4ccc(N5CCC[C@@H]5c5cc(F)ccc5F)cc34)CC2)n(C(=O)O)n1. The molecule has 226 valence electrons. The zero-order chi connectivity index (χ0) is 30.5. The summed E-state index contributed by atoms with van der Waals surface area (Å²) in [5, 5.41) is 21.4. The first kappa shape index (κ1) is 28.8. The van der Waals surface area contributed by atoms with E-state index >= 15 is 0 Å². The van der Waals surface area contributed by atoms with Crippen LogP contribution < -0.4 is 10.2 Å². The van der Waals surface area contributed by atoms with E-state index in [0.717, 1.165) is 28.9 Å². The third kappa shape index (κ3) is 5.57. The molecule has 1 aromatic carbocycles. The number of carbonyl (C=O) groups is 2. The van der Waals surface area contributed by atoms with Gasteiger partial charge in [0.15, 0.2) is 5.82 Å². The molecule has 0 spiro atoms. The number of carboxylic acid groups (broad SMARTS) is 1. The number of halogens is 2. The van der Waals surface area contributed by atoms with Gasteiger partial charge in [-0.15, -0.1) is 9.78 Å². The molecule has 1 saturated heterocycles. The molecular formula is C31H35F2N7O3. The maximum absolute atomic E-state index is 14.6. The average molecular weight is 592 g/mol. The normalized spacial score (nSPS) is 21.0. The Morgan fingerprint density at radius 3 is 2.53 bits per heavy atom. The van der Waals surface area contributed by atoms with Gasteiger partial charge in [0, 0.05) is 41.4 Å². The van der Waals surface area contributed by atoms with E-state index in [1.165, 1.54) is 12.3 Å². The van der Waals surface area contributed by atoms with Crippen molar-refractivity contribution in [3.05, 3.63) is 77.1 Å². The molecule has 1 atom stereocenters. The summed E-state index contributed by atoms with van der Waals surface area (Å²) in [5.41, 5.74) is 1.82. The van der Waals surface area contributed by atoms with E-state index in [4.69, 9.17) is 0 Å². The Kier molecular flexibility index (Phi) is 7.39. The number of fused-ring (bicyclic) bond motifs is 1. The Morgan fingerprint density at radius 2 is 1.81 bits per heavy atom. The summed E-state index contributed by atoms with van der Waals surface area (Å²) in [6, 6.07) is 6.91. The molecule has 1 amide bonds. The Balaban J connectivity index is 1.16. The van der Waals surface area contributed by atoms with Crippen molar-refractivity contribution in [3.8, 4) is 0 Å². The minimum Gasteiger partial charge on any atom is -0.463 e. The van der Waals surface area contributed by atoms with Crippen molar-refractivity contribution in [2.24, 2.45) is 0 Å². The van der Waals surface area contributed by atoms with Crippen molar-refractivity contribution in [1.29, 1.82) is 0 Å². The summed E-state index contributed by atoms with van der Waals surface area (Å²) in [4.78, 5) is 31.9. The molecule has 12 heteroatoms. The third-order valence-electron chi connectivity index (χ3n) is 8.56. The lowest BCUT2D eigenvalue weighted by Crippen LogP contribution is -2.37. The van der Waals surface area contributed by atoms with E-state index in [-0.39, 0.29) is 29.3 Å². The van der Waals surface area contributed by atoms with Gasteiger partial charge in [-0.2, -0.15) is 5.10 Å². The van der Waals surface area contributed by atoms with Crippen LogP contribution in [0.1, 0.15) is 98.8 Å². The largest absolute Gasteiger partial charge is 0.463 e. The molecule has 2 aliphatic rings. The minimum absolute atomic E-state index is 0.0660. The molecule has 4 heterocycles. The molecule has 0 unspecified atom stereocenters. The highest BCUT2D eigenvalue weighted by Crippen LogP contribution is 2.38. The van der Waals surface area contributed by atoms with Crippen molar-refractivity contribution in [2.45, 2.75) is 82.7 Å². The lowest BCUT2D eigenvalue weighted by atomic mass is 9.85. The number of nitrogens with one attached hydrogen (secondary N) is 1. The number of aromatic nitrogens is 5. The highest BCUT2D eigenvalue weighted by atomic mass is 19.1. The van der Waals surface area contributed by atoms with E-state index < -0.39 is 17.7 Å². The number of anilines is 1. The summed E-state index contributed by atoms with van der Waals surface area (Å²) < 4.78 is 31.2. The van der Waals surface area contributed by atoms with E-state index in [2.05, 4.69) is 25.4 Å². The molecule has 2 fully saturated rings. The predicted octanol–water partition coefficient (Wildman–Crippen LogP) is 5.83. The predicted molar refractivity (Wildman–Crippen MR) is 155 cm³/mol. The fourth-order valence-electron chi connectivity index (χ4n) is 6.30. The molecule has 1 aliphatic heterocycles. The quantitative estimate of drug-likeness (QED) is 0.300. The molecule has 2 N–H and O–H groups in total. The van der Waals surface area contributed by atoms with Crippen LogP contribution >= 0.6 is 0 Å². The van der Waals surface area contributed by atoms with Gasteiger partial charge in [0.25, 0.3) is 5.91 Å². The van der Waals surface area contributed by atoms with Gasteiger partial charge < -0.3 is 15.3 Å². The van der Waals surface area contributed by atoms with Crippen LogP contribution in [0.4, 0.5) is 19.3 Å². The Hall–Kier alpha value is -4.35. The molecule has 43 heavy (non-hydrogen) atoms. The lowest BCUT2D eigenvalue weighted by molar-refractivity contribution is 0.0927. The van der Waals surface area contributed by atoms with Crippen LogP contribution in [0.2, 0.25) is 0 Å². The van der Waals surface area contributed by atoms with Gasteiger partial charge in [-0.25, -0.2) is 23.1 Å². The smallest absolute Gasteiger partial charge is 0.434 e. The maximum atomic E-state index is 14.6. The van der Waals surface area contributed by atoms with Crippen LogP contribution in [-0.4, -0.2) is 54.1 Å². The second-order valence-corrected chi connectivity index (χ2v) is 12.6. The molecule has 1 saturated carbocycles. The number of nitrogens with zero attached hydrogens (tertiary/aromatic N) is 6. The number of carbonyl (C=O) groups excluding carboxylic acids is 1. The van der Waals surface area contributed by atoms with Crippen molar-refractivity contribution in [1.82, 2.24) is 29.7 Å². The summed E-state index contributed by atoms with van der Waals surface area (Å²) in [6.45, 7) is 6.52.